The summed E-state index contributed by atoms with van der Waals surface area (Å²) in [5, 5.41) is 9.98. The summed E-state index contributed by atoms with van der Waals surface area (Å²) in [6.45, 7) is 7.48. The van der Waals surface area contributed by atoms with Gasteiger partial charge in [-0.15, -0.1) is 0 Å². The quantitative estimate of drug-likeness (QED) is 0.330. The van der Waals surface area contributed by atoms with E-state index in [0.717, 1.165) is 34.3 Å². The van der Waals surface area contributed by atoms with Gasteiger partial charge in [-0.1, -0.05) is 85.6 Å². The molecule has 0 saturated carbocycles. The summed E-state index contributed by atoms with van der Waals surface area (Å²) in [5.74, 6) is 0.869. The van der Waals surface area contributed by atoms with E-state index in [2.05, 4.69) is 60.4 Å². The number of amides is 1. The Morgan fingerprint density at radius 3 is 2.39 bits per heavy atom. The molecule has 0 bridgehead atoms. The predicted molar refractivity (Wildman–Crippen MR) is 136 cm³/mol. The number of halogens is 1. The average molecular weight is 512 g/mol. The Kier molecular flexibility index (Phi) is 8.35. The average Bonchev–Trinajstić information content (AvgIpc) is 3.14. The van der Waals surface area contributed by atoms with Crippen molar-refractivity contribution in [3.63, 3.8) is 0 Å². The van der Waals surface area contributed by atoms with Gasteiger partial charge in [0.1, 0.15) is 5.82 Å². The molecular weight excluding hydrogens is 478 g/mol. The van der Waals surface area contributed by atoms with Gasteiger partial charge < -0.3 is 14.6 Å². The molecule has 0 aliphatic carbocycles. The second-order valence-electron chi connectivity index (χ2n) is 9.54. The fourth-order valence-corrected chi connectivity index (χ4v) is 4.31. The van der Waals surface area contributed by atoms with Crippen LogP contribution in [0, 0.1) is 5.41 Å². The minimum atomic E-state index is -0.916. The molecule has 0 saturated heterocycles. The molecule has 0 radical (unpaired) electrons. The van der Waals surface area contributed by atoms with Crippen molar-refractivity contribution in [2.75, 3.05) is 6.54 Å². The highest BCUT2D eigenvalue weighted by molar-refractivity contribution is 9.10. The Morgan fingerprint density at radius 2 is 1.79 bits per heavy atom. The molecule has 33 heavy (non-hydrogen) atoms. The topological polar surface area (TPSA) is 58.4 Å². The zero-order chi connectivity index (χ0) is 24.0. The van der Waals surface area contributed by atoms with Crippen molar-refractivity contribution in [2.24, 2.45) is 12.5 Å². The van der Waals surface area contributed by atoms with E-state index < -0.39 is 6.09 Å². The van der Waals surface area contributed by atoms with E-state index in [4.69, 9.17) is 4.98 Å². The van der Waals surface area contributed by atoms with Crippen LogP contribution >= 0.6 is 15.9 Å². The van der Waals surface area contributed by atoms with Gasteiger partial charge in [0, 0.05) is 42.4 Å². The van der Waals surface area contributed by atoms with Crippen LogP contribution in [-0.2, 0) is 26.4 Å². The maximum absolute atomic E-state index is 12.2. The molecule has 1 atom stereocenters. The zero-order valence-electron chi connectivity index (χ0n) is 20.0. The Balaban J connectivity index is 1.91. The molecule has 0 aliphatic rings. The van der Waals surface area contributed by atoms with E-state index in [0.29, 0.717) is 19.5 Å². The summed E-state index contributed by atoms with van der Waals surface area (Å²) in [6.07, 6.45) is 3.78. The van der Waals surface area contributed by atoms with Crippen LogP contribution in [0.25, 0.3) is 0 Å². The van der Waals surface area contributed by atoms with Crippen molar-refractivity contribution >= 4 is 22.0 Å². The van der Waals surface area contributed by atoms with E-state index in [1.807, 2.05) is 48.7 Å². The SMILES string of the molecule is CCC(C)(C)Cc1cnc(C(Cc2ccc(Br)cc2)CN(Cc2ccccc2)C(=O)O)n1C. The van der Waals surface area contributed by atoms with Crippen molar-refractivity contribution in [2.45, 2.75) is 52.5 Å². The van der Waals surface area contributed by atoms with Crippen molar-refractivity contribution in [3.05, 3.63) is 87.9 Å². The molecule has 1 N–H and O–H groups in total. The maximum atomic E-state index is 12.2. The van der Waals surface area contributed by atoms with Gasteiger partial charge in [-0.3, -0.25) is 0 Å². The van der Waals surface area contributed by atoms with E-state index in [9.17, 15) is 9.90 Å². The number of aromatic nitrogens is 2. The number of carboxylic acid groups (broad SMARTS) is 1. The molecule has 0 spiro atoms. The Morgan fingerprint density at radius 1 is 1.12 bits per heavy atom. The van der Waals surface area contributed by atoms with Crippen molar-refractivity contribution in [1.29, 1.82) is 0 Å². The third-order valence-corrected chi connectivity index (χ3v) is 6.95. The van der Waals surface area contributed by atoms with Crippen LogP contribution in [0.2, 0.25) is 0 Å². The second kappa shape index (κ2) is 11.0. The molecule has 1 amide bonds. The van der Waals surface area contributed by atoms with Gasteiger partial charge in [0.05, 0.1) is 0 Å². The van der Waals surface area contributed by atoms with E-state index in [1.165, 1.54) is 10.6 Å². The molecule has 0 fully saturated rings. The summed E-state index contributed by atoms with van der Waals surface area (Å²) < 4.78 is 3.20. The van der Waals surface area contributed by atoms with Gasteiger partial charge in [0.2, 0.25) is 0 Å². The molecular formula is C27H34BrN3O2. The molecule has 1 heterocycles. The zero-order valence-corrected chi connectivity index (χ0v) is 21.5. The Hall–Kier alpha value is -2.60. The number of nitrogens with zero attached hydrogens (tertiary/aromatic N) is 3. The first-order chi connectivity index (χ1) is 15.7. The molecule has 3 aromatic rings. The van der Waals surface area contributed by atoms with Gasteiger partial charge in [0.25, 0.3) is 0 Å². The number of benzene rings is 2. The van der Waals surface area contributed by atoms with Gasteiger partial charge >= 0.3 is 6.09 Å². The predicted octanol–water partition coefficient (Wildman–Crippen LogP) is 6.67. The Labute approximate surface area is 205 Å². The van der Waals surface area contributed by atoms with E-state index in [-0.39, 0.29) is 11.3 Å². The molecule has 176 valence electrons. The fourth-order valence-electron chi connectivity index (χ4n) is 4.04. The third kappa shape index (κ3) is 6.94. The number of carbonyl (C=O) groups is 1. The first kappa shape index (κ1) is 25.0. The monoisotopic (exact) mass is 511 g/mol. The summed E-state index contributed by atoms with van der Waals surface area (Å²) >= 11 is 3.50. The fraction of sp³-hybridized carbons (Fsp3) is 0.407. The standard InChI is InChI=1S/C27H34BrN3O2/c1-5-27(2,3)16-24-17-29-25(30(24)4)22(15-20-11-13-23(28)14-12-20)19-31(26(32)33)18-21-9-7-6-8-10-21/h6-14,17,22H,5,15-16,18-19H2,1-4H3,(H,32,33). The first-order valence-corrected chi connectivity index (χ1v) is 12.2. The second-order valence-corrected chi connectivity index (χ2v) is 10.5. The van der Waals surface area contributed by atoms with Crippen LogP contribution in [0.1, 0.15) is 55.8 Å². The van der Waals surface area contributed by atoms with Crippen LogP contribution < -0.4 is 0 Å². The van der Waals surface area contributed by atoms with Crippen molar-refractivity contribution in [3.8, 4) is 0 Å². The van der Waals surface area contributed by atoms with Crippen LogP contribution in [0.15, 0.2) is 65.3 Å². The van der Waals surface area contributed by atoms with Crippen LogP contribution in [0.5, 0.6) is 0 Å². The largest absolute Gasteiger partial charge is 0.465 e. The number of hydrogen-bond donors (Lipinski definition) is 1. The highest BCUT2D eigenvalue weighted by Gasteiger charge is 2.26. The minimum Gasteiger partial charge on any atom is -0.465 e. The number of rotatable bonds is 10. The lowest BCUT2D eigenvalue weighted by Crippen LogP contribution is -2.34. The van der Waals surface area contributed by atoms with Crippen molar-refractivity contribution < 1.29 is 9.90 Å². The summed E-state index contributed by atoms with van der Waals surface area (Å²) in [7, 11) is 2.06. The van der Waals surface area contributed by atoms with Gasteiger partial charge in [0.15, 0.2) is 0 Å². The summed E-state index contributed by atoms with van der Waals surface area (Å²) in [5.41, 5.74) is 3.51. The first-order valence-electron chi connectivity index (χ1n) is 11.4. The lowest BCUT2D eigenvalue weighted by molar-refractivity contribution is 0.138. The number of imidazole rings is 1. The molecule has 5 nitrogen and oxygen atoms in total. The van der Waals surface area contributed by atoms with Gasteiger partial charge in [-0.2, -0.15) is 0 Å². The molecule has 1 unspecified atom stereocenters. The molecule has 1 aromatic heterocycles. The van der Waals surface area contributed by atoms with Crippen molar-refractivity contribution in [1.82, 2.24) is 14.5 Å². The summed E-state index contributed by atoms with van der Waals surface area (Å²) in [4.78, 5) is 18.5. The number of hydrogen-bond acceptors (Lipinski definition) is 2. The third-order valence-electron chi connectivity index (χ3n) is 6.43. The normalized spacial score (nSPS) is 12.5. The summed E-state index contributed by atoms with van der Waals surface area (Å²) in [6, 6.07) is 18.0. The highest BCUT2D eigenvalue weighted by Crippen LogP contribution is 2.29. The minimum absolute atomic E-state index is 0.0607. The van der Waals surface area contributed by atoms with E-state index >= 15 is 0 Å². The molecule has 0 aliphatic heterocycles. The van der Waals surface area contributed by atoms with E-state index in [1.54, 1.807) is 0 Å². The highest BCUT2D eigenvalue weighted by atomic mass is 79.9. The van der Waals surface area contributed by atoms with Crippen LogP contribution in [0.3, 0.4) is 0 Å². The molecule has 3 rings (SSSR count). The van der Waals surface area contributed by atoms with Gasteiger partial charge in [-0.25, -0.2) is 9.78 Å². The van der Waals surface area contributed by atoms with Gasteiger partial charge in [-0.05, 0) is 41.5 Å². The maximum Gasteiger partial charge on any atom is 0.407 e. The molecule has 6 heteroatoms. The smallest absolute Gasteiger partial charge is 0.407 e. The van der Waals surface area contributed by atoms with Crippen LogP contribution in [-0.4, -0.2) is 32.2 Å². The lowest BCUT2D eigenvalue weighted by atomic mass is 9.85. The lowest BCUT2D eigenvalue weighted by Gasteiger charge is -2.27. The molecule has 2 aromatic carbocycles. The Bertz CT molecular complexity index is 1040. The van der Waals surface area contributed by atoms with Crippen LogP contribution in [0.4, 0.5) is 4.79 Å².